The molecule has 0 amide bonds. The summed E-state index contributed by atoms with van der Waals surface area (Å²) in [6.45, 7) is 2.41. The largest absolute Gasteiger partial charge is 0.419 e. The average Bonchev–Trinajstić information content (AvgIpc) is 3.00. The van der Waals surface area contributed by atoms with E-state index in [0.717, 1.165) is 12.0 Å². The first kappa shape index (κ1) is 11.5. The van der Waals surface area contributed by atoms with Crippen molar-refractivity contribution in [1.82, 2.24) is 14.3 Å². The molecule has 0 saturated carbocycles. The van der Waals surface area contributed by atoms with Crippen LogP contribution in [0.15, 0.2) is 39.8 Å². The number of fused-ring (bicyclic) bond motifs is 1. The lowest BCUT2D eigenvalue weighted by atomic mass is 10.3. The minimum atomic E-state index is -0.372. The van der Waals surface area contributed by atoms with Crippen LogP contribution in [0.1, 0.15) is 17.3 Å². The third-order valence-electron chi connectivity index (χ3n) is 2.97. The predicted molar refractivity (Wildman–Crippen MR) is 68.7 cm³/mol. The van der Waals surface area contributed by atoms with Crippen molar-refractivity contribution >= 4 is 17.4 Å². The second kappa shape index (κ2) is 4.24. The first-order chi connectivity index (χ1) is 9.22. The van der Waals surface area contributed by atoms with Gasteiger partial charge in [-0.25, -0.2) is 9.48 Å². The molecule has 0 aliphatic carbocycles. The summed E-state index contributed by atoms with van der Waals surface area (Å²) < 4.78 is 8.26. The van der Waals surface area contributed by atoms with Gasteiger partial charge in [0.25, 0.3) is 0 Å². The third-order valence-corrected chi connectivity index (χ3v) is 2.97. The Morgan fingerprint density at radius 2 is 2.26 bits per heavy atom. The first-order valence-corrected chi connectivity index (χ1v) is 5.86. The Bertz CT molecular complexity index is 810. The van der Waals surface area contributed by atoms with Gasteiger partial charge in [-0.05, 0) is 25.1 Å². The van der Waals surface area contributed by atoms with Gasteiger partial charge in [0.15, 0.2) is 11.9 Å². The fourth-order valence-corrected chi connectivity index (χ4v) is 2.03. The van der Waals surface area contributed by atoms with Gasteiger partial charge in [0.05, 0.1) is 23.0 Å². The molecule has 6 heteroatoms. The van der Waals surface area contributed by atoms with Crippen molar-refractivity contribution in [3.63, 3.8) is 0 Å². The molecule has 96 valence electrons. The molecule has 0 fully saturated rings. The third kappa shape index (κ3) is 1.77. The molecule has 2 aromatic heterocycles. The number of aromatic nitrogens is 3. The molecule has 0 aliphatic heterocycles. The van der Waals surface area contributed by atoms with E-state index in [2.05, 4.69) is 5.10 Å². The average molecular weight is 257 g/mol. The van der Waals surface area contributed by atoms with E-state index in [0.29, 0.717) is 23.2 Å². The molecular weight excluding hydrogens is 246 g/mol. The summed E-state index contributed by atoms with van der Waals surface area (Å²) in [6.07, 6.45) is 3.85. The van der Waals surface area contributed by atoms with Crippen molar-refractivity contribution in [3.8, 4) is 5.69 Å². The highest BCUT2D eigenvalue weighted by Crippen LogP contribution is 2.17. The van der Waals surface area contributed by atoms with Crippen LogP contribution in [0, 0.1) is 0 Å². The Hall–Kier alpha value is -2.63. The van der Waals surface area contributed by atoms with Gasteiger partial charge in [0, 0.05) is 12.7 Å². The normalized spacial score (nSPS) is 11.0. The van der Waals surface area contributed by atoms with Crippen LogP contribution in [0.4, 0.5) is 0 Å². The highest BCUT2D eigenvalue weighted by molar-refractivity contribution is 5.76. The van der Waals surface area contributed by atoms with Crippen LogP contribution in [-0.2, 0) is 6.54 Å². The van der Waals surface area contributed by atoms with Gasteiger partial charge in [0.2, 0.25) is 0 Å². The maximum Gasteiger partial charge on any atom is 0.419 e. The predicted octanol–water partition coefficient (Wildman–Crippen LogP) is 1.61. The quantitative estimate of drug-likeness (QED) is 0.668. The van der Waals surface area contributed by atoms with Crippen molar-refractivity contribution in [2.45, 2.75) is 13.5 Å². The van der Waals surface area contributed by atoms with Crippen molar-refractivity contribution in [3.05, 3.63) is 46.7 Å². The second-order valence-corrected chi connectivity index (χ2v) is 4.10. The van der Waals surface area contributed by atoms with Crippen molar-refractivity contribution < 1.29 is 9.21 Å². The maximum atomic E-state index is 11.6. The summed E-state index contributed by atoms with van der Waals surface area (Å²) in [6, 6.07) is 5.32. The molecule has 3 rings (SSSR count). The van der Waals surface area contributed by atoms with Crippen LogP contribution in [0.25, 0.3) is 16.8 Å². The second-order valence-electron chi connectivity index (χ2n) is 4.10. The molecule has 19 heavy (non-hydrogen) atoms. The SMILES string of the molecule is CCn1c(=O)oc2ccc(-n3cc(C=O)cn3)cc21. The van der Waals surface area contributed by atoms with Crippen LogP contribution in [0.5, 0.6) is 0 Å². The number of nitrogens with zero attached hydrogens (tertiary/aromatic N) is 3. The summed E-state index contributed by atoms with van der Waals surface area (Å²) in [5, 5.41) is 4.09. The number of aryl methyl sites for hydroxylation is 1. The molecule has 1 aromatic carbocycles. The van der Waals surface area contributed by atoms with Gasteiger partial charge in [0.1, 0.15) is 0 Å². The van der Waals surface area contributed by atoms with Crippen LogP contribution >= 0.6 is 0 Å². The molecule has 0 bridgehead atoms. The first-order valence-electron chi connectivity index (χ1n) is 5.86. The number of aldehydes is 1. The van der Waals surface area contributed by atoms with E-state index in [1.807, 2.05) is 13.0 Å². The standard InChI is InChI=1S/C13H11N3O3/c1-2-15-11-5-10(3-4-12(11)19-13(15)18)16-7-9(8-17)6-14-16/h3-8H,2H2,1H3. The topological polar surface area (TPSA) is 70.0 Å². The fourth-order valence-electron chi connectivity index (χ4n) is 2.03. The fraction of sp³-hybridized carbons (Fsp3) is 0.154. The number of carbonyl (C=O) groups excluding carboxylic acids is 1. The Balaban J connectivity index is 2.20. The number of hydrogen-bond donors (Lipinski definition) is 0. The highest BCUT2D eigenvalue weighted by Gasteiger charge is 2.09. The summed E-state index contributed by atoms with van der Waals surface area (Å²) in [7, 11) is 0. The Morgan fingerprint density at radius 3 is 2.95 bits per heavy atom. The lowest BCUT2D eigenvalue weighted by Gasteiger charge is -2.02. The molecule has 6 nitrogen and oxygen atoms in total. The lowest BCUT2D eigenvalue weighted by Crippen LogP contribution is -2.12. The molecule has 0 aliphatic rings. The monoisotopic (exact) mass is 257 g/mol. The van der Waals surface area contributed by atoms with Gasteiger partial charge in [-0.1, -0.05) is 0 Å². The summed E-state index contributed by atoms with van der Waals surface area (Å²) >= 11 is 0. The van der Waals surface area contributed by atoms with Crippen molar-refractivity contribution in [2.75, 3.05) is 0 Å². The Kier molecular flexibility index (Phi) is 2.56. The molecule has 0 atom stereocenters. The van der Waals surface area contributed by atoms with E-state index in [1.54, 1.807) is 27.6 Å². The summed E-state index contributed by atoms with van der Waals surface area (Å²) in [5.41, 5.74) is 2.52. The molecule has 3 aromatic rings. The molecule has 0 spiro atoms. The minimum Gasteiger partial charge on any atom is -0.408 e. The lowest BCUT2D eigenvalue weighted by molar-refractivity contribution is 0.112. The van der Waals surface area contributed by atoms with Gasteiger partial charge >= 0.3 is 5.76 Å². The summed E-state index contributed by atoms with van der Waals surface area (Å²) in [5.74, 6) is -0.372. The molecule has 0 unspecified atom stereocenters. The smallest absolute Gasteiger partial charge is 0.408 e. The van der Waals surface area contributed by atoms with Gasteiger partial charge < -0.3 is 4.42 Å². The zero-order chi connectivity index (χ0) is 13.4. The van der Waals surface area contributed by atoms with Crippen molar-refractivity contribution in [2.24, 2.45) is 0 Å². The number of oxazole rings is 1. The van der Waals surface area contributed by atoms with E-state index >= 15 is 0 Å². The van der Waals surface area contributed by atoms with Gasteiger partial charge in [-0.2, -0.15) is 5.10 Å². The van der Waals surface area contributed by atoms with E-state index in [-0.39, 0.29) is 5.76 Å². The molecule has 0 saturated heterocycles. The summed E-state index contributed by atoms with van der Waals surface area (Å²) in [4.78, 5) is 22.2. The molecule has 0 N–H and O–H groups in total. The highest BCUT2D eigenvalue weighted by atomic mass is 16.4. The Labute approximate surface area is 107 Å². The van der Waals surface area contributed by atoms with E-state index in [4.69, 9.17) is 4.42 Å². The molecule has 2 heterocycles. The molecule has 0 radical (unpaired) electrons. The zero-order valence-electron chi connectivity index (χ0n) is 10.2. The van der Waals surface area contributed by atoms with Crippen LogP contribution < -0.4 is 5.76 Å². The number of rotatable bonds is 3. The van der Waals surface area contributed by atoms with Crippen molar-refractivity contribution in [1.29, 1.82) is 0 Å². The van der Waals surface area contributed by atoms with Gasteiger partial charge in [-0.3, -0.25) is 9.36 Å². The Morgan fingerprint density at radius 1 is 1.42 bits per heavy atom. The number of hydrogen-bond acceptors (Lipinski definition) is 4. The maximum absolute atomic E-state index is 11.6. The van der Waals surface area contributed by atoms with Crippen LogP contribution in [0.3, 0.4) is 0 Å². The zero-order valence-corrected chi connectivity index (χ0v) is 10.2. The van der Waals surface area contributed by atoms with E-state index in [9.17, 15) is 9.59 Å². The van der Waals surface area contributed by atoms with E-state index in [1.165, 1.54) is 6.20 Å². The van der Waals surface area contributed by atoms with Gasteiger partial charge in [-0.15, -0.1) is 0 Å². The van der Waals surface area contributed by atoms with Crippen LogP contribution in [-0.4, -0.2) is 20.6 Å². The van der Waals surface area contributed by atoms with E-state index < -0.39 is 0 Å². The molecular formula is C13H11N3O3. The number of carbonyl (C=O) groups is 1. The minimum absolute atomic E-state index is 0.372. The van der Waals surface area contributed by atoms with Crippen LogP contribution in [0.2, 0.25) is 0 Å². The number of benzene rings is 1.